The van der Waals surface area contributed by atoms with Crippen LogP contribution in [-0.4, -0.2) is 47.7 Å². The van der Waals surface area contributed by atoms with Crippen LogP contribution in [0.3, 0.4) is 0 Å². The summed E-state index contributed by atoms with van der Waals surface area (Å²) < 4.78 is 13.9. The maximum Gasteiger partial charge on any atom is 0.481 e. The van der Waals surface area contributed by atoms with Crippen LogP contribution in [0, 0.1) is 29.1 Å². The Kier molecular flexibility index (Phi) is 7.81. The predicted octanol–water partition coefficient (Wildman–Crippen LogP) is 5.97. The number of fused-ring (bicyclic) bond motifs is 1. The molecule has 8 heteroatoms. The summed E-state index contributed by atoms with van der Waals surface area (Å²) in [5.41, 5.74) is 0.368. The van der Waals surface area contributed by atoms with Gasteiger partial charge in [-0.25, -0.2) is 0 Å². The monoisotopic (exact) mass is 597 g/mol. The molecule has 2 N–H and O–H groups in total. The van der Waals surface area contributed by atoms with Gasteiger partial charge in [0.1, 0.15) is 0 Å². The number of amides is 1. The van der Waals surface area contributed by atoms with Gasteiger partial charge in [0, 0.05) is 16.5 Å². The zero-order chi connectivity index (χ0) is 28.3. The molecular formula is C31H41BBrNO5. The highest BCUT2D eigenvalue weighted by atomic mass is 79.9. The molecule has 210 valence electrons. The average Bonchev–Trinajstić information content (AvgIpc) is 3.23. The van der Waals surface area contributed by atoms with Crippen LogP contribution in [-0.2, 0) is 14.1 Å². The number of carbonyl (C=O) groups is 2. The molecule has 0 radical (unpaired) electrons. The zero-order valence-electron chi connectivity index (χ0n) is 23.9. The number of nitrogens with one attached hydrogen (secondary N) is 1. The van der Waals surface area contributed by atoms with Gasteiger partial charge in [0.05, 0.1) is 29.7 Å². The summed E-state index contributed by atoms with van der Waals surface area (Å²) in [5.74, 6) is -0.442. The van der Waals surface area contributed by atoms with Crippen LogP contribution in [0.15, 0.2) is 40.9 Å². The number of halogens is 1. The number of carbonyl (C=O) groups excluding carboxylic acids is 2. The van der Waals surface area contributed by atoms with Crippen molar-refractivity contribution in [2.75, 3.05) is 0 Å². The van der Waals surface area contributed by atoms with Crippen LogP contribution >= 0.6 is 15.9 Å². The van der Waals surface area contributed by atoms with Gasteiger partial charge in [0.15, 0.2) is 5.78 Å². The Labute approximate surface area is 240 Å². The molecule has 4 aliphatic rings. The standard InChI is InChI=1S/C31H41BBrNO5/c1-17(2)13-27(32-38-26-15-20-14-25(30(20,4)5)31(26,6)39-32)34-29(37)23(18(3)35)16-24(36)22-12-11-19-9-7-8-10-21(19)28(22)33/h7-12,17-18,20,23,25-27,35H,13-16H2,1-6H3,(H,34,37)/t18-,20+,23+,25+,26-,27+,31+/m1/s1. The van der Waals surface area contributed by atoms with Crippen molar-refractivity contribution in [1.82, 2.24) is 5.32 Å². The summed E-state index contributed by atoms with van der Waals surface area (Å²) in [6.45, 7) is 12.6. The van der Waals surface area contributed by atoms with Gasteiger partial charge in [-0.05, 0) is 89.0 Å². The third-order valence-electron chi connectivity index (χ3n) is 9.84. The Bertz CT molecular complexity index is 1260. The first-order valence-electron chi connectivity index (χ1n) is 14.3. The molecule has 0 unspecified atom stereocenters. The van der Waals surface area contributed by atoms with Crippen LogP contribution < -0.4 is 5.32 Å². The molecule has 1 heterocycles. The van der Waals surface area contributed by atoms with Crippen LogP contribution in [0.1, 0.15) is 77.6 Å². The maximum atomic E-state index is 13.6. The highest BCUT2D eigenvalue weighted by Gasteiger charge is 2.68. The Morgan fingerprint density at radius 3 is 2.51 bits per heavy atom. The maximum absolute atomic E-state index is 13.6. The van der Waals surface area contributed by atoms with E-state index in [1.54, 1.807) is 13.0 Å². The van der Waals surface area contributed by atoms with E-state index in [1.165, 1.54) is 0 Å². The minimum absolute atomic E-state index is 0.0187. The fourth-order valence-electron chi connectivity index (χ4n) is 7.35. The Morgan fingerprint density at radius 1 is 1.13 bits per heavy atom. The van der Waals surface area contributed by atoms with Crippen molar-refractivity contribution in [2.24, 2.45) is 29.1 Å². The lowest BCUT2D eigenvalue weighted by atomic mass is 9.43. The predicted molar refractivity (Wildman–Crippen MR) is 157 cm³/mol. The first kappa shape index (κ1) is 28.8. The van der Waals surface area contributed by atoms with Crippen LogP contribution in [0.2, 0.25) is 0 Å². The third kappa shape index (κ3) is 5.11. The highest BCUT2D eigenvalue weighted by molar-refractivity contribution is 9.10. The SMILES string of the molecule is CC(C)C[C@H](NC(=O)[C@@H](CC(=O)c1ccc2ccccc2c1Br)[C@@H](C)O)B1O[C@@H]2C[C@@H]3C[C@@H](C3(C)C)[C@]2(C)O1. The molecule has 39 heavy (non-hydrogen) atoms. The fraction of sp³-hybridized carbons (Fsp3) is 0.613. The second-order valence-corrected chi connectivity index (χ2v) is 14.0. The summed E-state index contributed by atoms with van der Waals surface area (Å²) >= 11 is 3.59. The lowest BCUT2D eigenvalue weighted by molar-refractivity contribution is -0.199. The quantitative estimate of drug-likeness (QED) is 0.275. The Morgan fingerprint density at radius 2 is 1.85 bits per heavy atom. The topological polar surface area (TPSA) is 84.9 Å². The number of Topliss-reactive ketones (excluding diaryl/α,β-unsaturated/α-hetero) is 1. The third-order valence-corrected chi connectivity index (χ3v) is 10.7. The number of hydrogen-bond acceptors (Lipinski definition) is 5. The number of rotatable bonds is 9. The van der Waals surface area contributed by atoms with Gasteiger partial charge in [-0.2, -0.15) is 0 Å². The smallest absolute Gasteiger partial charge is 0.404 e. The second-order valence-electron chi connectivity index (χ2n) is 13.2. The van der Waals surface area contributed by atoms with Crippen molar-refractivity contribution in [2.45, 2.75) is 91.0 Å². The van der Waals surface area contributed by atoms with Gasteiger partial charge in [-0.15, -0.1) is 0 Å². The lowest BCUT2D eigenvalue weighted by Crippen LogP contribution is -2.65. The number of ketones is 1. The molecule has 4 fully saturated rings. The largest absolute Gasteiger partial charge is 0.481 e. The molecule has 0 aromatic heterocycles. The van der Waals surface area contributed by atoms with Crippen molar-refractivity contribution in [3.63, 3.8) is 0 Å². The summed E-state index contributed by atoms with van der Waals surface area (Å²) in [6.07, 6.45) is 1.74. The summed E-state index contributed by atoms with van der Waals surface area (Å²) in [6, 6.07) is 11.5. The molecule has 2 aromatic rings. The van der Waals surface area contributed by atoms with Crippen molar-refractivity contribution in [3.05, 3.63) is 46.4 Å². The van der Waals surface area contributed by atoms with Crippen LogP contribution in [0.4, 0.5) is 0 Å². The van der Waals surface area contributed by atoms with Gasteiger partial charge in [0.25, 0.3) is 0 Å². The van der Waals surface area contributed by atoms with Gasteiger partial charge in [-0.3, -0.25) is 9.59 Å². The molecule has 2 bridgehead atoms. The fourth-order valence-corrected chi connectivity index (χ4v) is 8.06. The molecule has 1 aliphatic heterocycles. The van der Waals surface area contributed by atoms with Gasteiger partial charge < -0.3 is 19.7 Å². The van der Waals surface area contributed by atoms with E-state index in [4.69, 9.17) is 9.31 Å². The molecule has 3 saturated carbocycles. The lowest BCUT2D eigenvalue weighted by Gasteiger charge is -2.64. The molecule has 0 spiro atoms. The summed E-state index contributed by atoms with van der Waals surface area (Å²) in [5, 5.41) is 15.7. The molecule has 2 aromatic carbocycles. The normalized spacial score (nSPS) is 29.5. The molecule has 6 nitrogen and oxygen atoms in total. The molecule has 1 amide bonds. The molecule has 6 rings (SSSR count). The van der Waals surface area contributed by atoms with E-state index >= 15 is 0 Å². The summed E-state index contributed by atoms with van der Waals surface area (Å²) in [4.78, 5) is 27.0. The number of aliphatic hydroxyl groups excluding tert-OH is 1. The highest BCUT2D eigenvalue weighted by Crippen LogP contribution is 2.65. The molecule has 7 atom stereocenters. The van der Waals surface area contributed by atoms with E-state index in [1.807, 2.05) is 30.3 Å². The number of hydrogen-bond donors (Lipinski definition) is 2. The van der Waals surface area contributed by atoms with Crippen molar-refractivity contribution in [1.29, 1.82) is 0 Å². The number of aliphatic hydroxyl groups is 1. The van der Waals surface area contributed by atoms with Crippen molar-refractivity contribution < 1.29 is 24.0 Å². The minimum atomic E-state index is -0.994. The molecule has 3 aliphatic carbocycles. The van der Waals surface area contributed by atoms with Crippen molar-refractivity contribution in [3.8, 4) is 0 Å². The van der Waals surface area contributed by atoms with Gasteiger partial charge >= 0.3 is 7.12 Å². The van der Waals surface area contributed by atoms with E-state index in [-0.39, 0.29) is 41.2 Å². The second kappa shape index (κ2) is 10.6. The van der Waals surface area contributed by atoms with Gasteiger partial charge in [-0.1, -0.05) is 58.0 Å². The molecule has 1 saturated heterocycles. The van der Waals surface area contributed by atoms with Crippen LogP contribution in [0.25, 0.3) is 10.8 Å². The van der Waals surface area contributed by atoms with Gasteiger partial charge in [0.2, 0.25) is 5.91 Å². The van der Waals surface area contributed by atoms with Crippen LogP contribution in [0.5, 0.6) is 0 Å². The zero-order valence-corrected chi connectivity index (χ0v) is 25.5. The Balaban J connectivity index is 1.32. The summed E-state index contributed by atoms with van der Waals surface area (Å²) in [7, 11) is -0.554. The Hall–Kier alpha value is -1.74. The van der Waals surface area contributed by atoms with E-state index < -0.39 is 19.1 Å². The average molecular weight is 598 g/mol. The van der Waals surface area contributed by atoms with E-state index in [0.717, 1.165) is 23.6 Å². The first-order chi connectivity index (χ1) is 18.3. The van der Waals surface area contributed by atoms with E-state index in [2.05, 4.69) is 55.9 Å². The minimum Gasteiger partial charge on any atom is -0.404 e. The first-order valence-corrected chi connectivity index (χ1v) is 15.1. The van der Waals surface area contributed by atoms with E-state index in [9.17, 15) is 14.7 Å². The number of benzene rings is 2. The van der Waals surface area contributed by atoms with E-state index in [0.29, 0.717) is 34.2 Å². The van der Waals surface area contributed by atoms with Crippen molar-refractivity contribution >= 4 is 45.5 Å². The molecular weight excluding hydrogens is 557 g/mol.